The molecular formula is C56H37NO. The Kier molecular flexibility index (Phi) is 8.19. The summed E-state index contributed by atoms with van der Waals surface area (Å²) >= 11 is 0. The van der Waals surface area contributed by atoms with E-state index in [9.17, 15) is 0 Å². The molecule has 0 atom stereocenters. The zero-order valence-corrected chi connectivity index (χ0v) is 31.7. The number of benzene rings is 10. The van der Waals surface area contributed by atoms with Crippen LogP contribution in [-0.4, -0.2) is 0 Å². The van der Waals surface area contributed by atoms with Gasteiger partial charge in [-0.25, -0.2) is 0 Å². The Hall–Kier alpha value is -7.68. The van der Waals surface area contributed by atoms with Gasteiger partial charge in [-0.2, -0.15) is 0 Å². The highest BCUT2D eigenvalue weighted by Gasteiger charge is 2.17. The second-order valence-electron chi connectivity index (χ2n) is 14.9. The second-order valence-corrected chi connectivity index (χ2v) is 14.9. The minimum Gasteiger partial charge on any atom is -0.456 e. The molecule has 0 radical (unpaired) electrons. The highest BCUT2D eigenvalue weighted by Crippen LogP contribution is 2.43. The van der Waals surface area contributed by atoms with Crippen molar-refractivity contribution >= 4 is 60.5 Å². The molecule has 0 unspecified atom stereocenters. The molecule has 0 aliphatic carbocycles. The van der Waals surface area contributed by atoms with Crippen molar-refractivity contribution in [3.05, 3.63) is 224 Å². The number of furan rings is 1. The monoisotopic (exact) mass is 739 g/mol. The van der Waals surface area contributed by atoms with E-state index in [1.807, 2.05) is 6.07 Å². The first-order chi connectivity index (χ1) is 28.7. The van der Waals surface area contributed by atoms with Crippen molar-refractivity contribution in [1.29, 1.82) is 0 Å². The lowest BCUT2D eigenvalue weighted by Crippen LogP contribution is -2.09. The fourth-order valence-corrected chi connectivity index (χ4v) is 8.53. The zero-order chi connectivity index (χ0) is 38.4. The van der Waals surface area contributed by atoms with Crippen LogP contribution in [0.2, 0.25) is 0 Å². The van der Waals surface area contributed by atoms with Crippen LogP contribution in [0.4, 0.5) is 17.1 Å². The maximum Gasteiger partial charge on any atom is 0.136 e. The quantitative estimate of drug-likeness (QED) is 0.162. The smallest absolute Gasteiger partial charge is 0.136 e. The first-order valence-electron chi connectivity index (χ1n) is 19.8. The van der Waals surface area contributed by atoms with E-state index in [4.69, 9.17) is 4.42 Å². The number of nitrogens with zero attached hydrogens (tertiary/aromatic N) is 1. The van der Waals surface area contributed by atoms with E-state index in [1.54, 1.807) is 0 Å². The van der Waals surface area contributed by atoms with E-state index < -0.39 is 0 Å². The predicted octanol–water partition coefficient (Wildman–Crippen LogP) is 16.0. The van der Waals surface area contributed by atoms with Crippen LogP contribution < -0.4 is 4.90 Å². The van der Waals surface area contributed by atoms with Gasteiger partial charge in [-0.3, -0.25) is 0 Å². The van der Waals surface area contributed by atoms with Gasteiger partial charge in [0.15, 0.2) is 0 Å². The van der Waals surface area contributed by atoms with E-state index in [1.165, 1.54) is 54.9 Å². The molecule has 1 heterocycles. The number of hydrogen-bond acceptors (Lipinski definition) is 2. The summed E-state index contributed by atoms with van der Waals surface area (Å²) in [6, 6.07) is 80.6. The lowest BCUT2D eigenvalue weighted by molar-refractivity contribution is 0.669. The standard InChI is InChI=1S/C56H37NO/c1-3-11-38(12-4-1)40-19-21-41(22-20-40)42-25-30-48(31-26-42)57(47-15-5-2-6-16-47)49-32-27-43(28-33-49)45-29-34-50-52(46-24-23-39-13-7-8-14-44(39)35-46)37-55-56(53(50)36-45)51-17-9-10-18-54(51)58-55/h1-37H. The Bertz CT molecular complexity index is 3240. The third-order valence-electron chi connectivity index (χ3n) is 11.5. The molecule has 0 amide bonds. The predicted molar refractivity (Wildman–Crippen MR) is 245 cm³/mol. The first-order valence-corrected chi connectivity index (χ1v) is 19.8. The topological polar surface area (TPSA) is 16.4 Å². The van der Waals surface area contributed by atoms with Gasteiger partial charge >= 0.3 is 0 Å². The number of hydrogen-bond donors (Lipinski definition) is 0. The van der Waals surface area contributed by atoms with Gasteiger partial charge in [-0.15, -0.1) is 0 Å². The van der Waals surface area contributed by atoms with Crippen LogP contribution in [0.3, 0.4) is 0 Å². The van der Waals surface area contributed by atoms with Crippen LogP contribution >= 0.6 is 0 Å². The minimum absolute atomic E-state index is 0.901. The van der Waals surface area contributed by atoms with Crippen molar-refractivity contribution in [2.45, 2.75) is 0 Å². The molecule has 0 aliphatic rings. The van der Waals surface area contributed by atoms with E-state index in [0.29, 0.717) is 0 Å². The summed E-state index contributed by atoms with van der Waals surface area (Å²) in [6.45, 7) is 0. The van der Waals surface area contributed by atoms with Gasteiger partial charge in [0, 0.05) is 27.8 Å². The van der Waals surface area contributed by atoms with Crippen LogP contribution in [0.1, 0.15) is 0 Å². The summed E-state index contributed by atoms with van der Waals surface area (Å²) in [5.74, 6) is 0. The van der Waals surface area contributed by atoms with Crippen LogP contribution in [0.15, 0.2) is 229 Å². The molecule has 0 saturated carbocycles. The molecule has 0 N–H and O–H groups in total. The molecule has 10 aromatic carbocycles. The van der Waals surface area contributed by atoms with Crippen molar-refractivity contribution in [3.8, 4) is 44.5 Å². The van der Waals surface area contributed by atoms with Gasteiger partial charge in [0.25, 0.3) is 0 Å². The van der Waals surface area contributed by atoms with Crippen LogP contribution in [0.5, 0.6) is 0 Å². The normalized spacial score (nSPS) is 11.4. The number of anilines is 3. The molecule has 58 heavy (non-hydrogen) atoms. The molecule has 0 fully saturated rings. The highest BCUT2D eigenvalue weighted by atomic mass is 16.3. The average molecular weight is 740 g/mol. The van der Waals surface area contributed by atoms with E-state index in [2.05, 4.69) is 223 Å². The summed E-state index contributed by atoms with van der Waals surface area (Å²) in [6.07, 6.45) is 0. The third-order valence-corrected chi connectivity index (χ3v) is 11.5. The molecule has 11 aromatic rings. The molecule has 2 nitrogen and oxygen atoms in total. The Morgan fingerprint density at radius 3 is 1.47 bits per heavy atom. The second kappa shape index (κ2) is 14.1. The fraction of sp³-hybridized carbons (Fsp3) is 0. The summed E-state index contributed by atoms with van der Waals surface area (Å²) < 4.78 is 6.53. The lowest BCUT2D eigenvalue weighted by Gasteiger charge is -2.26. The van der Waals surface area contributed by atoms with Gasteiger partial charge < -0.3 is 9.32 Å². The molecular weight excluding hydrogens is 703 g/mol. The molecule has 0 aliphatic heterocycles. The highest BCUT2D eigenvalue weighted by molar-refractivity contribution is 6.22. The van der Waals surface area contributed by atoms with Crippen LogP contribution in [0.25, 0.3) is 88.0 Å². The van der Waals surface area contributed by atoms with Crippen molar-refractivity contribution in [1.82, 2.24) is 0 Å². The van der Waals surface area contributed by atoms with Crippen molar-refractivity contribution < 1.29 is 4.42 Å². The first kappa shape index (κ1) is 33.6. The fourth-order valence-electron chi connectivity index (χ4n) is 8.53. The van der Waals surface area contributed by atoms with Gasteiger partial charge in [-0.05, 0) is 127 Å². The minimum atomic E-state index is 0.901. The summed E-state index contributed by atoms with van der Waals surface area (Å²) in [4.78, 5) is 2.32. The Morgan fingerprint density at radius 1 is 0.276 bits per heavy atom. The van der Waals surface area contributed by atoms with Gasteiger partial charge in [0.2, 0.25) is 0 Å². The van der Waals surface area contributed by atoms with E-state index in [-0.39, 0.29) is 0 Å². The Balaban J connectivity index is 0.966. The number of para-hydroxylation sites is 2. The Labute approximate surface area is 337 Å². The maximum absolute atomic E-state index is 6.53. The van der Waals surface area contributed by atoms with E-state index >= 15 is 0 Å². The van der Waals surface area contributed by atoms with Gasteiger partial charge in [-0.1, -0.05) is 164 Å². The van der Waals surface area contributed by atoms with E-state index in [0.717, 1.165) is 50.1 Å². The molecule has 0 saturated heterocycles. The largest absolute Gasteiger partial charge is 0.456 e. The third kappa shape index (κ3) is 6.00. The maximum atomic E-state index is 6.53. The number of fused-ring (bicyclic) bond motifs is 6. The molecule has 2 heteroatoms. The SMILES string of the molecule is c1ccc(-c2ccc(-c3ccc(N(c4ccccc4)c4ccc(-c5ccc6c(-c7ccc8ccccc8c7)cc7oc8ccccc8c7c6c5)cc4)cc3)cc2)cc1. The summed E-state index contributed by atoms with van der Waals surface area (Å²) in [5, 5.41) is 7.14. The van der Waals surface area contributed by atoms with Crippen LogP contribution in [-0.2, 0) is 0 Å². The van der Waals surface area contributed by atoms with Crippen molar-refractivity contribution in [2.24, 2.45) is 0 Å². The number of rotatable bonds is 7. The molecule has 11 rings (SSSR count). The van der Waals surface area contributed by atoms with Gasteiger partial charge in [0.05, 0.1) is 0 Å². The molecule has 1 aromatic heterocycles. The Morgan fingerprint density at radius 2 is 0.776 bits per heavy atom. The average Bonchev–Trinajstić information content (AvgIpc) is 3.69. The van der Waals surface area contributed by atoms with Gasteiger partial charge in [0.1, 0.15) is 11.2 Å². The van der Waals surface area contributed by atoms with Crippen LogP contribution in [0, 0.1) is 0 Å². The molecule has 272 valence electrons. The van der Waals surface area contributed by atoms with Crippen molar-refractivity contribution in [3.63, 3.8) is 0 Å². The summed E-state index contributed by atoms with van der Waals surface area (Å²) in [5.41, 5.74) is 14.6. The molecule has 0 spiro atoms. The molecule has 0 bridgehead atoms. The summed E-state index contributed by atoms with van der Waals surface area (Å²) in [7, 11) is 0. The zero-order valence-electron chi connectivity index (χ0n) is 31.7. The lowest BCUT2D eigenvalue weighted by atomic mass is 9.91. The van der Waals surface area contributed by atoms with Crippen molar-refractivity contribution in [2.75, 3.05) is 4.90 Å².